The fraction of sp³-hybridized carbons (Fsp3) is 0.364. The molecule has 0 aliphatic carbocycles. The van der Waals surface area contributed by atoms with E-state index in [9.17, 15) is 4.79 Å². The molecule has 15 heavy (non-hydrogen) atoms. The summed E-state index contributed by atoms with van der Waals surface area (Å²) in [4.78, 5) is 10.9. The molecule has 0 unspecified atom stereocenters. The predicted octanol–water partition coefficient (Wildman–Crippen LogP) is 1.67. The number of carbonyl (C=O) groups is 1. The molecule has 82 valence electrons. The van der Waals surface area contributed by atoms with Gasteiger partial charge in [-0.3, -0.25) is 4.79 Å². The Hall–Kier alpha value is -1.71. The molecule has 0 bridgehead atoms. The highest BCUT2D eigenvalue weighted by molar-refractivity contribution is 5.74. The first-order valence-corrected chi connectivity index (χ1v) is 4.79. The zero-order valence-electron chi connectivity index (χ0n) is 8.95. The van der Waals surface area contributed by atoms with Gasteiger partial charge >= 0.3 is 5.97 Å². The van der Waals surface area contributed by atoms with Crippen LogP contribution in [0.5, 0.6) is 5.75 Å². The molecule has 0 radical (unpaired) electrons. The van der Waals surface area contributed by atoms with Gasteiger partial charge in [0, 0.05) is 11.8 Å². The molecule has 0 aromatic heterocycles. The molecule has 0 amide bonds. The Morgan fingerprint density at radius 1 is 1.47 bits per heavy atom. The van der Waals surface area contributed by atoms with Crippen LogP contribution in [-0.2, 0) is 9.53 Å². The van der Waals surface area contributed by atoms with Crippen LogP contribution in [-0.4, -0.2) is 26.2 Å². The first-order valence-electron chi connectivity index (χ1n) is 4.79. The Kier molecular flexibility index (Phi) is 4.47. The largest absolute Gasteiger partial charge is 0.494 e. The third kappa shape index (κ3) is 3.89. The zero-order chi connectivity index (χ0) is 11.1. The monoisotopic (exact) mass is 209 g/mol. The first kappa shape index (κ1) is 11.4. The molecule has 0 heterocycles. The van der Waals surface area contributed by atoms with Gasteiger partial charge in [0.05, 0.1) is 13.7 Å². The van der Waals surface area contributed by atoms with Crippen molar-refractivity contribution in [3.05, 3.63) is 24.3 Å². The van der Waals surface area contributed by atoms with Crippen molar-refractivity contribution in [3.8, 4) is 5.75 Å². The maximum Gasteiger partial charge on any atom is 0.325 e. The molecule has 1 aromatic rings. The summed E-state index contributed by atoms with van der Waals surface area (Å²) in [6, 6.07) is 7.44. The van der Waals surface area contributed by atoms with Crippen LogP contribution in [0.25, 0.3) is 0 Å². The van der Waals surface area contributed by atoms with E-state index in [1.807, 2.05) is 31.2 Å². The van der Waals surface area contributed by atoms with E-state index in [2.05, 4.69) is 10.1 Å². The lowest BCUT2D eigenvalue weighted by atomic mass is 10.3. The van der Waals surface area contributed by atoms with Gasteiger partial charge in [0.15, 0.2) is 0 Å². The van der Waals surface area contributed by atoms with E-state index in [1.54, 1.807) is 0 Å². The van der Waals surface area contributed by atoms with Gasteiger partial charge in [0.2, 0.25) is 0 Å². The van der Waals surface area contributed by atoms with Crippen molar-refractivity contribution in [1.29, 1.82) is 0 Å². The minimum Gasteiger partial charge on any atom is -0.494 e. The minimum atomic E-state index is -0.295. The van der Waals surface area contributed by atoms with Crippen molar-refractivity contribution < 1.29 is 14.3 Å². The molecule has 0 spiro atoms. The lowest BCUT2D eigenvalue weighted by molar-refractivity contribution is -0.138. The van der Waals surface area contributed by atoms with Crippen molar-refractivity contribution in [2.75, 3.05) is 25.6 Å². The number of rotatable bonds is 5. The van der Waals surface area contributed by atoms with E-state index < -0.39 is 0 Å². The van der Waals surface area contributed by atoms with E-state index in [0.29, 0.717) is 6.61 Å². The van der Waals surface area contributed by atoms with Crippen LogP contribution in [0.1, 0.15) is 6.92 Å². The Balaban J connectivity index is 2.53. The summed E-state index contributed by atoms with van der Waals surface area (Å²) in [5.41, 5.74) is 0.839. The van der Waals surface area contributed by atoms with E-state index >= 15 is 0 Å². The van der Waals surface area contributed by atoms with Crippen molar-refractivity contribution in [2.24, 2.45) is 0 Å². The molecular weight excluding hydrogens is 194 g/mol. The molecular formula is C11H15NO3. The maximum absolute atomic E-state index is 10.9. The number of ether oxygens (including phenoxy) is 2. The Morgan fingerprint density at radius 3 is 2.93 bits per heavy atom. The second-order valence-electron chi connectivity index (χ2n) is 2.89. The molecule has 0 aliphatic heterocycles. The quantitative estimate of drug-likeness (QED) is 0.749. The van der Waals surface area contributed by atoms with Gasteiger partial charge in [0.1, 0.15) is 12.3 Å². The first-order chi connectivity index (χ1) is 7.26. The van der Waals surface area contributed by atoms with Crippen molar-refractivity contribution in [2.45, 2.75) is 6.92 Å². The number of hydrogen-bond donors (Lipinski definition) is 1. The number of carbonyl (C=O) groups excluding carboxylic acids is 1. The second kappa shape index (κ2) is 5.90. The fourth-order valence-electron chi connectivity index (χ4n) is 1.11. The van der Waals surface area contributed by atoms with Crippen LogP contribution in [0, 0.1) is 0 Å². The van der Waals surface area contributed by atoms with Gasteiger partial charge in [-0.2, -0.15) is 0 Å². The van der Waals surface area contributed by atoms with E-state index in [4.69, 9.17) is 4.74 Å². The molecule has 1 aromatic carbocycles. The van der Waals surface area contributed by atoms with E-state index in [-0.39, 0.29) is 12.5 Å². The predicted molar refractivity (Wildman–Crippen MR) is 58.1 cm³/mol. The summed E-state index contributed by atoms with van der Waals surface area (Å²) >= 11 is 0. The summed E-state index contributed by atoms with van der Waals surface area (Å²) in [5, 5.41) is 2.94. The number of anilines is 1. The number of esters is 1. The minimum absolute atomic E-state index is 0.159. The van der Waals surface area contributed by atoms with Gasteiger partial charge in [-0.1, -0.05) is 6.07 Å². The highest BCUT2D eigenvalue weighted by Crippen LogP contribution is 2.16. The summed E-state index contributed by atoms with van der Waals surface area (Å²) in [5.74, 6) is 0.490. The molecule has 0 aliphatic rings. The van der Waals surface area contributed by atoms with Gasteiger partial charge in [-0.15, -0.1) is 0 Å². The lowest BCUT2D eigenvalue weighted by Crippen LogP contribution is -2.14. The smallest absolute Gasteiger partial charge is 0.325 e. The summed E-state index contributed by atoms with van der Waals surface area (Å²) in [6.07, 6.45) is 0. The number of methoxy groups -OCH3 is 1. The standard InChI is InChI=1S/C11H15NO3/c1-3-15-10-6-4-5-9(7-10)12-8-11(13)14-2/h4-7,12H,3,8H2,1-2H3. The Labute approximate surface area is 89.2 Å². The molecule has 4 heteroatoms. The molecule has 0 atom stereocenters. The molecule has 0 saturated carbocycles. The molecule has 1 rings (SSSR count). The normalized spacial score (nSPS) is 9.47. The number of hydrogen-bond acceptors (Lipinski definition) is 4. The fourth-order valence-corrected chi connectivity index (χ4v) is 1.11. The highest BCUT2D eigenvalue weighted by atomic mass is 16.5. The molecule has 0 fully saturated rings. The van der Waals surface area contributed by atoms with Crippen LogP contribution in [0.15, 0.2) is 24.3 Å². The summed E-state index contributed by atoms with van der Waals surface area (Å²) in [6.45, 7) is 2.71. The topological polar surface area (TPSA) is 47.6 Å². The van der Waals surface area contributed by atoms with Gasteiger partial charge in [0.25, 0.3) is 0 Å². The van der Waals surface area contributed by atoms with Gasteiger partial charge in [-0.05, 0) is 19.1 Å². The van der Waals surface area contributed by atoms with Crippen LogP contribution >= 0.6 is 0 Å². The van der Waals surface area contributed by atoms with Crippen molar-refractivity contribution in [1.82, 2.24) is 0 Å². The zero-order valence-corrected chi connectivity index (χ0v) is 8.95. The van der Waals surface area contributed by atoms with Crippen molar-refractivity contribution in [3.63, 3.8) is 0 Å². The molecule has 0 saturated heterocycles. The second-order valence-corrected chi connectivity index (χ2v) is 2.89. The van der Waals surface area contributed by atoms with E-state index in [1.165, 1.54) is 7.11 Å². The van der Waals surface area contributed by atoms with Crippen LogP contribution in [0.4, 0.5) is 5.69 Å². The summed E-state index contributed by atoms with van der Waals surface area (Å²) < 4.78 is 9.84. The molecule has 4 nitrogen and oxygen atoms in total. The molecule has 1 N–H and O–H groups in total. The Bertz CT molecular complexity index is 325. The Morgan fingerprint density at radius 2 is 2.27 bits per heavy atom. The van der Waals surface area contributed by atoms with Crippen LogP contribution < -0.4 is 10.1 Å². The summed E-state index contributed by atoms with van der Waals surface area (Å²) in [7, 11) is 1.36. The van der Waals surface area contributed by atoms with Gasteiger partial charge < -0.3 is 14.8 Å². The third-order valence-corrected chi connectivity index (χ3v) is 1.81. The maximum atomic E-state index is 10.9. The number of benzene rings is 1. The average molecular weight is 209 g/mol. The SMILES string of the molecule is CCOc1cccc(NCC(=O)OC)c1. The third-order valence-electron chi connectivity index (χ3n) is 1.81. The highest BCUT2D eigenvalue weighted by Gasteiger charge is 2.00. The lowest BCUT2D eigenvalue weighted by Gasteiger charge is -2.07. The average Bonchev–Trinajstić information content (AvgIpc) is 2.27. The number of nitrogens with one attached hydrogen (secondary N) is 1. The van der Waals surface area contributed by atoms with Crippen LogP contribution in [0.3, 0.4) is 0 Å². The van der Waals surface area contributed by atoms with Gasteiger partial charge in [-0.25, -0.2) is 0 Å². The van der Waals surface area contributed by atoms with E-state index in [0.717, 1.165) is 11.4 Å². The van der Waals surface area contributed by atoms with Crippen LogP contribution in [0.2, 0.25) is 0 Å². The van der Waals surface area contributed by atoms with Crippen molar-refractivity contribution >= 4 is 11.7 Å².